The van der Waals surface area contributed by atoms with Crippen molar-refractivity contribution in [3.8, 4) is 33.9 Å². The Kier molecular flexibility index (Phi) is 4.18. The second-order valence-corrected chi connectivity index (χ2v) is 7.56. The third-order valence-electron chi connectivity index (χ3n) is 5.55. The van der Waals surface area contributed by atoms with Gasteiger partial charge in [0.2, 0.25) is 5.95 Å². The molecule has 6 rings (SSSR count). The Hall–Kier alpha value is -4.51. The molecule has 2 N–H and O–H groups in total. The van der Waals surface area contributed by atoms with Crippen LogP contribution in [0, 0.1) is 0 Å². The van der Waals surface area contributed by atoms with Gasteiger partial charge in [0.05, 0.1) is 5.56 Å². The monoisotopic (exact) mass is 414 g/mol. The van der Waals surface area contributed by atoms with Gasteiger partial charge in [-0.25, -0.2) is 4.98 Å². The van der Waals surface area contributed by atoms with Crippen LogP contribution in [0.15, 0.2) is 101 Å². The molecule has 0 fully saturated rings. The minimum Gasteiger partial charge on any atom is -0.455 e. The van der Waals surface area contributed by atoms with Gasteiger partial charge in [-0.2, -0.15) is 9.97 Å². The Morgan fingerprint density at radius 3 is 2.03 bits per heavy atom. The van der Waals surface area contributed by atoms with Crippen LogP contribution in [0.3, 0.4) is 0 Å². The van der Waals surface area contributed by atoms with E-state index < -0.39 is 0 Å². The van der Waals surface area contributed by atoms with Crippen molar-refractivity contribution in [3.05, 3.63) is 97.1 Å². The third kappa shape index (κ3) is 3.08. The van der Waals surface area contributed by atoms with Crippen LogP contribution in [0.2, 0.25) is 0 Å². The number of nitrogens with two attached hydrogens (primary N) is 1. The molecular weight excluding hydrogens is 396 g/mol. The van der Waals surface area contributed by atoms with E-state index >= 15 is 0 Å². The number of furan rings is 1. The zero-order valence-corrected chi connectivity index (χ0v) is 17.1. The Balaban J connectivity index is 1.46. The molecule has 152 valence electrons. The highest BCUT2D eigenvalue weighted by molar-refractivity contribution is 6.09. The molecule has 0 atom stereocenters. The van der Waals surface area contributed by atoms with Gasteiger partial charge in [-0.3, -0.25) is 0 Å². The number of nitrogens with zero attached hydrogens (tertiary/aromatic N) is 3. The highest BCUT2D eigenvalue weighted by Gasteiger charge is 2.16. The fourth-order valence-corrected chi connectivity index (χ4v) is 4.01. The minimum absolute atomic E-state index is 0.172. The summed E-state index contributed by atoms with van der Waals surface area (Å²) in [5.41, 5.74) is 11.6. The lowest BCUT2D eigenvalue weighted by molar-refractivity contribution is 0.669. The summed E-state index contributed by atoms with van der Waals surface area (Å²) in [5, 5.41) is 2.08. The first-order valence-corrected chi connectivity index (χ1v) is 10.3. The molecule has 0 saturated heterocycles. The quantitative estimate of drug-likeness (QED) is 0.365. The van der Waals surface area contributed by atoms with Crippen molar-refractivity contribution in [2.45, 2.75) is 0 Å². The topological polar surface area (TPSA) is 77.8 Å². The van der Waals surface area contributed by atoms with E-state index in [-0.39, 0.29) is 5.95 Å². The van der Waals surface area contributed by atoms with Crippen LogP contribution in [-0.2, 0) is 0 Å². The van der Waals surface area contributed by atoms with E-state index in [0.717, 1.165) is 44.2 Å². The Bertz CT molecular complexity index is 1570. The number of aromatic nitrogens is 3. The summed E-state index contributed by atoms with van der Waals surface area (Å²) in [4.78, 5) is 13.5. The first-order chi connectivity index (χ1) is 15.8. The summed E-state index contributed by atoms with van der Waals surface area (Å²) in [7, 11) is 0. The normalized spacial score (nSPS) is 11.2. The maximum atomic E-state index is 6.15. The molecule has 2 heterocycles. The first kappa shape index (κ1) is 18.3. The van der Waals surface area contributed by atoms with E-state index in [1.807, 2.05) is 72.8 Å². The van der Waals surface area contributed by atoms with Gasteiger partial charge >= 0.3 is 0 Å². The molecule has 0 aliphatic rings. The van der Waals surface area contributed by atoms with Crippen LogP contribution in [0.5, 0.6) is 0 Å². The SMILES string of the molecule is Nc1nc(-c2ccc(-c3ccccc3)cc2)nc(-c2cccc3c2oc2ccccc23)n1. The standard InChI is InChI=1S/C27H18N4O/c28-27-30-25(19-15-13-18(14-16-19)17-7-2-1-3-8-17)29-26(31-27)22-11-6-10-21-20-9-4-5-12-23(20)32-24(21)22/h1-16H,(H2,28,29,30,31). The molecule has 5 heteroatoms. The zero-order valence-electron chi connectivity index (χ0n) is 17.1. The predicted molar refractivity (Wildman–Crippen MR) is 128 cm³/mol. The summed E-state index contributed by atoms with van der Waals surface area (Å²) < 4.78 is 6.15. The van der Waals surface area contributed by atoms with Gasteiger partial charge in [-0.05, 0) is 23.3 Å². The number of nitrogen functional groups attached to an aromatic ring is 1. The van der Waals surface area contributed by atoms with Crippen molar-refractivity contribution < 1.29 is 4.42 Å². The summed E-state index contributed by atoms with van der Waals surface area (Å²) >= 11 is 0. The fourth-order valence-electron chi connectivity index (χ4n) is 4.01. The number of benzene rings is 4. The highest BCUT2D eigenvalue weighted by atomic mass is 16.3. The average Bonchev–Trinajstić information content (AvgIpc) is 3.23. The number of anilines is 1. The second-order valence-electron chi connectivity index (χ2n) is 7.56. The molecule has 5 nitrogen and oxygen atoms in total. The van der Waals surface area contributed by atoms with E-state index in [0.29, 0.717) is 11.6 Å². The molecule has 0 aliphatic heterocycles. The molecule has 0 radical (unpaired) electrons. The molecule has 0 amide bonds. The lowest BCUT2D eigenvalue weighted by atomic mass is 10.0. The largest absolute Gasteiger partial charge is 0.455 e. The van der Waals surface area contributed by atoms with Gasteiger partial charge in [-0.1, -0.05) is 84.9 Å². The maximum absolute atomic E-state index is 6.15. The van der Waals surface area contributed by atoms with Crippen LogP contribution >= 0.6 is 0 Å². The second kappa shape index (κ2) is 7.32. The lowest BCUT2D eigenvalue weighted by Crippen LogP contribution is -2.02. The van der Waals surface area contributed by atoms with Crippen molar-refractivity contribution in [3.63, 3.8) is 0 Å². The van der Waals surface area contributed by atoms with E-state index in [9.17, 15) is 0 Å². The lowest BCUT2D eigenvalue weighted by Gasteiger charge is -2.07. The number of hydrogen-bond acceptors (Lipinski definition) is 5. The maximum Gasteiger partial charge on any atom is 0.224 e. The molecule has 0 aliphatic carbocycles. The molecule has 2 aromatic heterocycles. The summed E-state index contributed by atoms with van der Waals surface area (Å²) in [6.45, 7) is 0. The Morgan fingerprint density at radius 2 is 1.19 bits per heavy atom. The molecule has 32 heavy (non-hydrogen) atoms. The number of rotatable bonds is 3. The number of hydrogen-bond donors (Lipinski definition) is 1. The van der Waals surface area contributed by atoms with Gasteiger partial charge in [-0.15, -0.1) is 0 Å². The summed E-state index contributed by atoms with van der Waals surface area (Å²) in [5.74, 6) is 1.19. The predicted octanol–water partition coefficient (Wildman–Crippen LogP) is 6.35. The van der Waals surface area contributed by atoms with Crippen molar-refractivity contribution in [2.75, 3.05) is 5.73 Å². The van der Waals surface area contributed by atoms with Crippen LogP contribution in [0.4, 0.5) is 5.95 Å². The van der Waals surface area contributed by atoms with E-state index in [4.69, 9.17) is 15.1 Å². The molecule has 0 bridgehead atoms. The average molecular weight is 414 g/mol. The van der Waals surface area contributed by atoms with Gasteiger partial charge in [0, 0.05) is 16.3 Å². The first-order valence-electron chi connectivity index (χ1n) is 10.3. The summed E-state index contributed by atoms with van der Waals surface area (Å²) in [6, 6.07) is 32.3. The fraction of sp³-hybridized carbons (Fsp3) is 0. The minimum atomic E-state index is 0.172. The Labute approximate surface area is 184 Å². The Morgan fingerprint density at radius 1 is 0.531 bits per heavy atom. The smallest absolute Gasteiger partial charge is 0.224 e. The van der Waals surface area contributed by atoms with E-state index in [1.165, 1.54) is 0 Å². The molecule has 6 aromatic rings. The van der Waals surface area contributed by atoms with Crippen molar-refractivity contribution in [1.29, 1.82) is 0 Å². The molecule has 0 unspecified atom stereocenters. The van der Waals surface area contributed by atoms with E-state index in [1.54, 1.807) is 0 Å². The summed E-state index contributed by atoms with van der Waals surface area (Å²) in [6.07, 6.45) is 0. The van der Waals surface area contributed by atoms with Gasteiger partial charge in [0.1, 0.15) is 11.2 Å². The number of fused-ring (bicyclic) bond motifs is 3. The molecule has 0 saturated carbocycles. The van der Waals surface area contributed by atoms with Crippen molar-refractivity contribution >= 4 is 27.9 Å². The van der Waals surface area contributed by atoms with Crippen LogP contribution in [0.25, 0.3) is 55.8 Å². The van der Waals surface area contributed by atoms with Crippen LogP contribution in [-0.4, -0.2) is 15.0 Å². The van der Waals surface area contributed by atoms with Crippen molar-refractivity contribution in [1.82, 2.24) is 15.0 Å². The van der Waals surface area contributed by atoms with Gasteiger partial charge in [0.25, 0.3) is 0 Å². The molecule has 4 aromatic carbocycles. The van der Waals surface area contributed by atoms with Gasteiger partial charge in [0.15, 0.2) is 11.6 Å². The number of para-hydroxylation sites is 2. The molecular formula is C27H18N4O. The van der Waals surface area contributed by atoms with Crippen LogP contribution < -0.4 is 5.73 Å². The van der Waals surface area contributed by atoms with E-state index in [2.05, 4.69) is 34.2 Å². The molecule has 0 spiro atoms. The zero-order chi connectivity index (χ0) is 21.5. The highest BCUT2D eigenvalue weighted by Crippen LogP contribution is 2.35. The van der Waals surface area contributed by atoms with Crippen LogP contribution in [0.1, 0.15) is 0 Å². The third-order valence-corrected chi connectivity index (χ3v) is 5.55. The van der Waals surface area contributed by atoms with Gasteiger partial charge < -0.3 is 10.2 Å². The van der Waals surface area contributed by atoms with Crippen molar-refractivity contribution in [2.24, 2.45) is 0 Å².